The molecule has 1 heterocycles. The first-order valence-corrected chi connectivity index (χ1v) is 13.3. The molecule has 0 aromatic heterocycles. The largest absolute Gasteiger partial charge is 0.344 e. The molecule has 2 saturated carbocycles. The summed E-state index contributed by atoms with van der Waals surface area (Å²) in [6.45, 7) is 15.1. The maximum Gasteiger partial charge on any atom is 0.315 e. The van der Waals surface area contributed by atoms with Crippen LogP contribution in [0.25, 0.3) is 0 Å². The lowest BCUT2D eigenvalue weighted by Crippen LogP contribution is -2.61. The highest BCUT2D eigenvalue weighted by molar-refractivity contribution is 6.38. The number of rotatable bonds is 9. The van der Waals surface area contributed by atoms with Gasteiger partial charge in [0.05, 0.1) is 6.04 Å². The minimum atomic E-state index is -0.869. The number of piperidine rings is 1. The van der Waals surface area contributed by atoms with Crippen LogP contribution in [0.2, 0.25) is 0 Å². The maximum absolute atomic E-state index is 13.8. The third-order valence-electron chi connectivity index (χ3n) is 8.34. The molecular formula is C27H44N4O5. The number of amides is 4. The second-order valence-corrected chi connectivity index (χ2v) is 13.0. The summed E-state index contributed by atoms with van der Waals surface area (Å²) < 4.78 is 0. The minimum absolute atomic E-state index is 0.0386. The van der Waals surface area contributed by atoms with Crippen molar-refractivity contribution in [3.8, 4) is 0 Å². The summed E-state index contributed by atoms with van der Waals surface area (Å²) in [5.74, 6) is -1.41. The Morgan fingerprint density at radius 3 is 2.08 bits per heavy atom. The molecule has 9 heteroatoms. The Hall–Kier alpha value is -2.45. The number of fused-ring (bicyclic) bond motifs is 1. The molecule has 2 aliphatic carbocycles. The molecule has 0 aromatic rings. The number of nitrogens with one attached hydrogen (secondary N) is 3. The second kappa shape index (κ2) is 10.1. The summed E-state index contributed by atoms with van der Waals surface area (Å²) in [7, 11) is 0. The summed E-state index contributed by atoms with van der Waals surface area (Å²) in [5.41, 5.74) is -0.696. The Balaban J connectivity index is 1.83. The lowest BCUT2D eigenvalue weighted by Gasteiger charge is -2.38. The van der Waals surface area contributed by atoms with Gasteiger partial charge >= 0.3 is 6.03 Å². The third-order valence-corrected chi connectivity index (χ3v) is 8.34. The van der Waals surface area contributed by atoms with E-state index >= 15 is 0 Å². The van der Waals surface area contributed by atoms with Crippen molar-refractivity contribution in [3.05, 3.63) is 0 Å². The Morgan fingerprint density at radius 1 is 1.00 bits per heavy atom. The molecule has 3 fully saturated rings. The Bertz CT molecular complexity index is 918. The van der Waals surface area contributed by atoms with Crippen molar-refractivity contribution >= 4 is 29.4 Å². The van der Waals surface area contributed by atoms with Gasteiger partial charge in [-0.15, -0.1) is 0 Å². The van der Waals surface area contributed by atoms with Crippen LogP contribution in [0.4, 0.5) is 4.79 Å². The summed E-state index contributed by atoms with van der Waals surface area (Å²) >= 11 is 0. The summed E-state index contributed by atoms with van der Waals surface area (Å²) in [4.78, 5) is 66.2. The molecule has 0 spiro atoms. The van der Waals surface area contributed by atoms with Crippen LogP contribution in [-0.2, 0) is 19.2 Å². The second-order valence-electron chi connectivity index (χ2n) is 13.0. The van der Waals surface area contributed by atoms with Crippen LogP contribution < -0.4 is 16.0 Å². The van der Waals surface area contributed by atoms with Crippen LogP contribution in [0.5, 0.6) is 0 Å². The standard InChI is InChI=1S/C27H44N4O5/c1-14(2)28-25(36)30-22(26(4,5)6)24(35)31-13-17-19(27(17,7)8)20(31)23(34)29-18(21(33)15(3)32)12-16-10-9-11-16/h14,16-20,22H,9-13H2,1-8H3,(H,29,34)(H2,28,30,36). The van der Waals surface area contributed by atoms with E-state index in [2.05, 4.69) is 29.8 Å². The van der Waals surface area contributed by atoms with E-state index in [1.807, 2.05) is 34.6 Å². The van der Waals surface area contributed by atoms with Crippen LogP contribution in [0.15, 0.2) is 0 Å². The fourth-order valence-corrected chi connectivity index (χ4v) is 5.86. The van der Waals surface area contributed by atoms with Gasteiger partial charge < -0.3 is 20.9 Å². The highest BCUT2D eigenvalue weighted by Crippen LogP contribution is 2.65. The molecule has 0 radical (unpaired) electrons. The number of nitrogens with zero attached hydrogens (tertiary/aromatic N) is 1. The third kappa shape index (κ3) is 5.75. The number of Topliss-reactive ketones (excluding diaryl/α,β-unsaturated/α-hetero) is 2. The van der Waals surface area contributed by atoms with Crippen molar-refractivity contribution in [1.82, 2.24) is 20.9 Å². The van der Waals surface area contributed by atoms with E-state index in [0.717, 1.165) is 19.3 Å². The number of hydrogen-bond donors (Lipinski definition) is 3. The van der Waals surface area contributed by atoms with E-state index in [9.17, 15) is 24.0 Å². The number of carbonyl (C=O) groups is 5. The Kier molecular flexibility index (Phi) is 7.92. The van der Waals surface area contributed by atoms with E-state index < -0.39 is 41.1 Å². The number of carbonyl (C=O) groups excluding carboxylic acids is 5. The number of likely N-dealkylation sites (tertiary alicyclic amines) is 1. The normalized spacial score (nSPS) is 26.4. The molecule has 9 nitrogen and oxygen atoms in total. The van der Waals surface area contributed by atoms with Gasteiger partial charge in [-0.3, -0.25) is 19.2 Å². The zero-order valence-electron chi connectivity index (χ0n) is 23.1. The summed E-state index contributed by atoms with van der Waals surface area (Å²) in [5, 5.41) is 8.44. The number of hydrogen-bond acceptors (Lipinski definition) is 5. The summed E-state index contributed by atoms with van der Waals surface area (Å²) in [6, 6.07) is -2.98. The van der Waals surface area contributed by atoms with Gasteiger partial charge in [0.15, 0.2) is 5.78 Å². The smallest absolute Gasteiger partial charge is 0.315 e. The van der Waals surface area contributed by atoms with Crippen LogP contribution in [0.1, 0.15) is 81.1 Å². The van der Waals surface area contributed by atoms with Crippen molar-refractivity contribution in [1.29, 1.82) is 0 Å². The van der Waals surface area contributed by atoms with E-state index in [1.165, 1.54) is 6.92 Å². The van der Waals surface area contributed by atoms with Crippen LogP contribution in [0.3, 0.4) is 0 Å². The zero-order chi connectivity index (χ0) is 27.2. The first-order valence-electron chi connectivity index (χ1n) is 13.3. The van der Waals surface area contributed by atoms with Gasteiger partial charge in [0.25, 0.3) is 0 Å². The number of ketones is 2. The van der Waals surface area contributed by atoms with Crippen LogP contribution in [0, 0.1) is 28.6 Å². The van der Waals surface area contributed by atoms with Crippen molar-refractivity contribution < 1.29 is 24.0 Å². The fraction of sp³-hybridized carbons (Fsp3) is 0.815. The average Bonchev–Trinajstić information content (AvgIpc) is 3.06. The highest BCUT2D eigenvalue weighted by atomic mass is 16.2. The van der Waals surface area contributed by atoms with Crippen molar-refractivity contribution in [3.63, 3.8) is 0 Å². The maximum atomic E-state index is 13.8. The first-order chi connectivity index (χ1) is 16.6. The molecular weight excluding hydrogens is 460 g/mol. The minimum Gasteiger partial charge on any atom is -0.344 e. The van der Waals surface area contributed by atoms with Crippen molar-refractivity contribution in [2.45, 2.75) is 105 Å². The molecule has 0 aromatic carbocycles. The molecule has 36 heavy (non-hydrogen) atoms. The predicted octanol–water partition coefficient (Wildman–Crippen LogP) is 2.42. The van der Waals surface area contributed by atoms with E-state index in [-0.39, 0.29) is 35.1 Å². The van der Waals surface area contributed by atoms with E-state index in [0.29, 0.717) is 18.9 Å². The molecule has 0 bridgehead atoms. The molecule has 1 aliphatic heterocycles. The zero-order valence-corrected chi connectivity index (χ0v) is 23.1. The molecule has 3 N–H and O–H groups in total. The molecule has 5 atom stereocenters. The molecule has 202 valence electrons. The van der Waals surface area contributed by atoms with Gasteiger partial charge in [-0.2, -0.15) is 0 Å². The molecule has 1 saturated heterocycles. The van der Waals surface area contributed by atoms with Crippen LogP contribution in [-0.4, -0.2) is 65.0 Å². The number of urea groups is 1. The lowest BCUT2D eigenvalue weighted by atomic mass is 9.79. The summed E-state index contributed by atoms with van der Waals surface area (Å²) in [6.07, 6.45) is 3.51. The topological polar surface area (TPSA) is 125 Å². The van der Waals surface area contributed by atoms with Crippen molar-refractivity contribution in [2.24, 2.45) is 28.6 Å². The molecule has 3 rings (SSSR count). The molecule has 3 aliphatic rings. The predicted molar refractivity (Wildman–Crippen MR) is 136 cm³/mol. The fourth-order valence-electron chi connectivity index (χ4n) is 5.86. The highest BCUT2D eigenvalue weighted by Gasteiger charge is 2.69. The monoisotopic (exact) mass is 504 g/mol. The van der Waals surface area contributed by atoms with Crippen LogP contribution >= 0.6 is 0 Å². The van der Waals surface area contributed by atoms with Gasteiger partial charge in [-0.25, -0.2) is 4.79 Å². The average molecular weight is 505 g/mol. The lowest BCUT2D eigenvalue weighted by molar-refractivity contribution is -0.145. The molecule has 4 amide bonds. The van der Waals surface area contributed by atoms with E-state index in [4.69, 9.17) is 0 Å². The molecule has 5 unspecified atom stereocenters. The van der Waals surface area contributed by atoms with Gasteiger partial charge in [-0.1, -0.05) is 53.9 Å². The van der Waals surface area contributed by atoms with Crippen molar-refractivity contribution in [2.75, 3.05) is 6.54 Å². The Morgan fingerprint density at radius 2 is 1.61 bits per heavy atom. The van der Waals surface area contributed by atoms with E-state index in [1.54, 1.807) is 4.90 Å². The van der Waals surface area contributed by atoms with Gasteiger partial charge in [0, 0.05) is 19.5 Å². The SMILES string of the molecule is CC(=O)C(=O)C(CC1CCC1)NC(=O)C1C2C(CN1C(=O)C(NC(=O)NC(C)C)C(C)(C)C)C2(C)C. The first kappa shape index (κ1) is 28.1. The Labute approximate surface area is 214 Å². The van der Waals surface area contributed by atoms with Gasteiger partial charge in [0.2, 0.25) is 17.6 Å². The van der Waals surface area contributed by atoms with Gasteiger partial charge in [0.1, 0.15) is 12.1 Å². The van der Waals surface area contributed by atoms with Gasteiger partial charge in [-0.05, 0) is 48.9 Å². The quantitative estimate of drug-likeness (QED) is 0.416.